The van der Waals surface area contributed by atoms with Gasteiger partial charge in [-0.2, -0.15) is 0 Å². The Bertz CT molecular complexity index is 1200. The number of para-hydroxylation sites is 2. The molecule has 2 N–H and O–H groups in total. The van der Waals surface area contributed by atoms with Crippen LogP contribution in [0.15, 0.2) is 102 Å². The molecule has 0 saturated carbocycles. The molecule has 0 spiro atoms. The molecule has 3 aromatic carbocycles. The van der Waals surface area contributed by atoms with Crippen LogP contribution in [0.4, 0.5) is 5.69 Å². The summed E-state index contributed by atoms with van der Waals surface area (Å²) in [5, 5.41) is 5.65. The van der Waals surface area contributed by atoms with Gasteiger partial charge in [0.1, 0.15) is 11.5 Å². The van der Waals surface area contributed by atoms with Crippen molar-refractivity contribution in [2.24, 2.45) is 0 Å². The van der Waals surface area contributed by atoms with Crippen LogP contribution >= 0.6 is 0 Å². The Labute approximate surface area is 192 Å². The standard InChI is InChI=1S/C27H24N2O4/c30-26(28-19-21-11-8-17-32-21)22-12-4-6-14-24(22)29-27(31)23-13-5-7-15-25(23)33-18-16-20-9-2-1-3-10-20/h1-15,17H,16,18-19H2,(H,28,30)(H,29,31). The van der Waals surface area contributed by atoms with E-state index in [1.807, 2.05) is 36.4 Å². The third-order valence-corrected chi connectivity index (χ3v) is 5.05. The zero-order valence-electron chi connectivity index (χ0n) is 18.0. The number of carbonyl (C=O) groups excluding carboxylic acids is 2. The van der Waals surface area contributed by atoms with E-state index >= 15 is 0 Å². The SMILES string of the molecule is O=C(NCc1ccco1)c1ccccc1NC(=O)c1ccccc1OCCc1ccccc1. The number of amides is 2. The first-order chi connectivity index (χ1) is 16.2. The lowest BCUT2D eigenvalue weighted by molar-refractivity contribution is 0.0949. The predicted octanol–water partition coefficient (Wildman–Crippen LogP) is 5.08. The van der Waals surface area contributed by atoms with Gasteiger partial charge in [-0.25, -0.2) is 0 Å². The third kappa shape index (κ3) is 5.89. The molecule has 0 aliphatic heterocycles. The minimum absolute atomic E-state index is 0.256. The van der Waals surface area contributed by atoms with Gasteiger partial charge in [-0.3, -0.25) is 9.59 Å². The van der Waals surface area contributed by atoms with E-state index in [4.69, 9.17) is 9.15 Å². The number of hydrogen-bond acceptors (Lipinski definition) is 4. The maximum atomic E-state index is 13.0. The average Bonchev–Trinajstić information content (AvgIpc) is 3.38. The second kappa shape index (κ2) is 10.8. The molecule has 0 aliphatic rings. The fourth-order valence-corrected chi connectivity index (χ4v) is 3.36. The summed E-state index contributed by atoms with van der Waals surface area (Å²) >= 11 is 0. The molecule has 0 aliphatic carbocycles. The van der Waals surface area contributed by atoms with Gasteiger partial charge in [-0.1, -0.05) is 54.6 Å². The lowest BCUT2D eigenvalue weighted by atomic mass is 10.1. The summed E-state index contributed by atoms with van der Waals surface area (Å²) in [5.74, 6) is 0.475. The topological polar surface area (TPSA) is 80.6 Å². The van der Waals surface area contributed by atoms with Crippen molar-refractivity contribution in [2.75, 3.05) is 11.9 Å². The molecule has 4 aromatic rings. The maximum absolute atomic E-state index is 13.0. The van der Waals surface area contributed by atoms with Crippen molar-refractivity contribution in [3.8, 4) is 5.75 Å². The van der Waals surface area contributed by atoms with E-state index in [1.165, 1.54) is 0 Å². The van der Waals surface area contributed by atoms with Gasteiger partial charge in [0.2, 0.25) is 0 Å². The van der Waals surface area contributed by atoms with Crippen LogP contribution < -0.4 is 15.4 Å². The minimum atomic E-state index is -0.350. The van der Waals surface area contributed by atoms with Gasteiger partial charge in [-0.15, -0.1) is 0 Å². The van der Waals surface area contributed by atoms with Gasteiger partial charge in [-0.05, 0) is 42.0 Å². The highest BCUT2D eigenvalue weighted by Gasteiger charge is 2.17. The lowest BCUT2D eigenvalue weighted by Gasteiger charge is -2.14. The first-order valence-electron chi connectivity index (χ1n) is 10.7. The van der Waals surface area contributed by atoms with Crippen molar-refractivity contribution in [1.29, 1.82) is 0 Å². The van der Waals surface area contributed by atoms with Crippen LogP contribution in [0, 0.1) is 0 Å². The largest absolute Gasteiger partial charge is 0.492 e. The molecule has 0 fully saturated rings. The number of hydrogen-bond donors (Lipinski definition) is 2. The molecule has 6 nitrogen and oxygen atoms in total. The Morgan fingerprint density at radius 3 is 2.27 bits per heavy atom. The van der Waals surface area contributed by atoms with E-state index in [0.29, 0.717) is 34.9 Å². The van der Waals surface area contributed by atoms with E-state index in [0.717, 1.165) is 12.0 Å². The van der Waals surface area contributed by atoms with Crippen molar-refractivity contribution in [2.45, 2.75) is 13.0 Å². The summed E-state index contributed by atoms with van der Waals surface area (Å²) in [6.45, 7) is 0.701. The minimum Gasteiger partial charge on any atom is -0.492 e. The second-order valence-corrected chi connectivity index (χ2v) is 7.34. The highest BCUT2D eigenvalue weighted by molar-refractivity contribution is 6.10. The number of rotatable bonds is 9. The maximum Gasteiger partial charge on any atom is 0.259 e. The molecule has 0 bridgehead atoms. The number of anilines is 1. The van der Waals surface area contributed by atoms with E-state index in [-0.39, 0.29) is 18.4 Å². The highest BCUT2D eigenvalue weighted by Crippen LogP contribution is 2.22. The fourth-order valence-electron chi connectivity index (χ4n) is 3.36. The Balaban J connectivity index is 1.42. The summed E-state index contributed by atoms with van der Waals surface area (Å²) < 4.78 is 11.2. The second-order valence-electron chi connectivity index (χ2n) is 7.34. The molecular weight excluding hydrogens is 416 g/mol. The van der Waals surface area contributed by atoms with Crippen molar-refractivity contribution in [1.82, 2.24) is 5.32 Å². The molecule has 0 atom stereocenters. The first kappa shape index (κ1) is 21.9. The number of furan rings is 1. The number of ether oxygens (including phenoxy) is 1. The zero-order valence-corrected chi connectivity index (χ0v) is 18.0. The molecule has 0 saturated heterocycles. The predicted molar refractivity (Wildman–Crippen MR) is 126 cm³/mol. The molecule has 2 amide bonds. The monoisotopic (exact) mass is 440 g/mol. The van der Waals surface area contributed by atoms with E-state index in [9.17, 15) is 9.59 Å². The molecule has 6 heteroatoms. The molecule has 0 unspecified atom stereocenters. The summed E-state index contributed by atoms with van der Waals surface area (Å²) in [6, 6.07) is 27.5. The first-order valence-corrected chi connectivity index (χ1v) is 10.7. The fraction of sp³-hybridized carbons (Fsp3) is 0.111. The van der Waals surface area contributed by atoms with Crippen LogP contribution in [0.1, 0.15) is 32.0 Å². The molecule has 33 heavy (non-hydrogen) atoms. The number of benzene rings is 3. The van der Waals surface area contributed by atoms with Gasteiger partial charge in [0.15, 0.2) is 0 Å². The van der Waals surface area contributed by atoms with Gasteiger partial charge < -0.3 is 19.8 Å². The zero-order chi connectivity index (χ0) is 22.9. The Hall–Kier alpha value is -4.32. The Kier molecular flexibility index (Phi) is 7.18. The van der Waals surface area contributed by atoms with Crippen molar-refractivity contribution in [3.63, 3.8) is 0 Å². The molecular formula is C27H24N2O4. The van der Waals surface area contributed by atoms with Gasteiger partial charge in [0.25, 0.3) is 11.8 Å². The lowest BCUT2D eigenvalue weighted by Crippen LogP contribution is -2.24. The summed E-state index contributed by atoms with van der Waals surface area (Å²) in [4.78, 5) is 25.7. The molecule has 1 heterocycles. The normalized spacial score (nSPS) is 10.4. The van der Waals surface area contributed by atoms with Crippen LogP contribution in [-0.2, 0) is 13.0 Å². The van der Waals surface area contributed by atoms with Gasteiger partial charge >= 0.3 is 0 Å². The molecule has 1 aromatic heterocycles. The summed E-state index contributed by atoms with van der Waals surface area (Å²) in [5.41, 5.74) is 2.34. The third-order valence-electron chi connectivity index (χ3n) is 5.05. The summed E-state index contributed by atoms with van der Waals surface area (Å²) in [6.07, 6.45) is 2.28. The van der Waals surface area contributed by atoms with Crippen molar-refractivity contribution >= 4 is 17.5 Å². The van der Waals surface area contributed by atoms with Crippen molar-refractivity contribution in [3.05, 3.63) is 120 Å². The molecule has 0 radical (unpaired) electrons. The van der Waals surface area contributed by atoms with E-state index in [2.05, 4.69) is 10.6 Å². The average molecular weight is 440 g/mol. The van der Waals surface area contributed by atoms with Crippen LogP contribution in [0.5, 0.6) is 5.75 Å². The number of nitrogens with one attached hydrogen (secondary N) is 2. The van der Waals surface area contributed by atoms with Crippen LogP contribution in [-0.4, -0.2) is 18.4 Å². The van der Waals surface area contributed by atoms with E-state index < -0.39 is 0 Å². The Morgan fingerprint density at radius 2 is 1.48 bits per heavy atom. The highest BCUT2D eigenvalue weighted by atomic mass is 16.5. The summed E-state index contributed by atoms with van der Waals surface area (Å²) in [7, 11) is 0. The van der Waals surface area contributed by atoms with Gasteiger partial charge in [0.05, 0.1) is 36.2 Å². The van der Waals surface area contributed by atoms with Crippen LogP contribution in [0.3, 0.4) is 0 Å². The smallest absolute Gasteiger partial charge is 0.259 e. The van der Waals surface area contributed by atoms with E-state index in [1.54, 1.807) is 60.9 Å². The Morgan fingerprint density at radius 1 is 0.758 bits per heavy atom. The molecule has 4 rings (SSSR count). The molecule has 166 valence electrons. The number of carbonyl (C=O) groups is 2. The van der Waals surface area contributed by atoms with Crippen LogP contribution in [0.25, 0.3) is 0 Å². The quantitative estimate of drug-likeness (QED) is 0.380. The van der Waals surface area contributed by atoms with Crippen LogP contribution in [0.2, 0.25) is 0 Å². The van der Waals surface area contributed by atoms with Crippen molar-refractivity contribution < 1.29 is 18.7 Å². The van der Waals surface area contributed by atoms with Gasteiger partial charge in [0, 0.05) is 6.42 Å².